The van der Waals surface area contributed by atoms with Gasteiger partial charge in [-0.25, -0.2) is 0 Å². The maximum absolute atomic E-state index is 13.0. The minimum Gasteiger partial charge on any atom is -0.506 e. The minimum atomic E-state index is -0.452. The summed E-state index contributed by atoms with van der Waals surface area (Å²) in [5, 5.41) is 11.2. The van der Waals surface area contributed by atoms with E-state index in [0.29, 0.717) is 34.6 Å². The quantitative estimate of drug-likeness (QED) is 0.543. The van der Waals surface area contributed by atoms with Crippen LogP contribution in [0.3, 0.4) is 0 Å². The number of aromatic hydroxyl groups is 1. The van der Waals surface area contributed by atoms with Gasteiger partial charge in [-0.05, 0) is 17.7 Å². The second kappa shape index (κ2) is 4.77. The van der Waals surface area contributed by atoms with E-state index >= 15 is 0 Å². The van der Waals surface area contributed by atoms with Crippen molar-refractivity contribution in [1.82, 2.24) is 0 Å². The summed E-state index contributed by atoms with van der Waals surface area (Å²) in [6, 6.07) is 6.68. The molecule has 0 amide bonds. The zero-order valence-corrected chi connectivity index (χ0v) is 13.4. The molecule has 3 aromatic rings. The Morgan fingerprint density at radius 1 is 1.32 bits per heavy atom. The van der Waals surface area contributed by atoms with Gasteiger partial charge >= 0.3 is 0 Å². The maximum Gasteiger partial charge on any atom is 0.204 e. The van der Waals surface area contributed by atoms with Gasteiger partial charge in [-0.3, -0.25) is 4.79 Å². The summed E-state index contributed by atoms with van der Waals surface area (Å²) in [6.45, 7) is 4.30. The molecule has 2 aliphatic heterocycles. The van der Waals surface area contributed by atoms with Gasteiger partial charge in [0, 0.05) is 6.07 Å². The van der Waals surface area contributed by atoms with Gasteiger partial charge in [0.05, 0.1) is 24.7 Å². The van der Waals surface area contributed by atoms with Crippen LogP contribution in [0, 0.1) is 0 Å². The first-order valence-electron chi connectivity index (χ1n) is 7.85. The number of para-hydroxylation sites is 1. The van der Waals surface area contributed by atoms with Gasteiger partial charge in [0.25, 0.3) is 0 Å². The first-order chi connectivity index (χ1) is 12.1. The lowest BCUT2D eigenvalue weighted by Gasteiger charge is -2.11. The van der Waals surface area contributed by atoms with E-state index in [-0.39, 0.29) is 28.3 Å². The molecule has 0 aliphatic carbocycles. The van der Waals surface area contributed by atoms with Crippen molar-refractivity contribution in [2.75, 3.05) is 13.7 Å². The van der Waals surface area contributed by atoms with Gasteiger partial charge < -0.3 is 23.7 Å². The molecule has 126 valence electrons. The monoisotopic (exact) mass is 338 g/mol. The average molecular weight is 338 g/mol. The van der Waals surface area contributed by atoms with E-state index in [1.54, 1.807) is 24.3 Å². The first kappa shape index (κ1) is 14.4. The van der Waals surface area contributed by atoms with E-state index in [2.05, 4.69) is 6.58 Å². The van der Waals surface area contributed by atoms with Crippen molar-refractivity contribution in [2.24, 2.45) is 0 Å². The Hall–Kier alpha value is -2.99. The fourth-order valence-corrected chi connectivity index (χ4v) is 3.61. The molecule has 0 saturated carbocycles. The molecule has 5 rings (SSSR count). The number of fused-ring (bicyclic) bond motifs is 5. The summed E-state index contributed by atoms with van der Waals surface area (Å²) in [4.78, 5) is 13.0. The molecular weight excluding hydrogens is 324 g/mol. The van der Waals surface area contributed by atoms with E-state index < -0.39 is 6.10 Å². The third-order valence-corrected chi connectivity index (χ3v) is 4.81. The molecule has 1 N–H and O–H groups in total. The summed E-state index contributed by atoms with van der Waals surface area (Å²) >= 11 is 0. The Morgan fingerprint density at radius 3 is 2.96 bits per heavy atom. The van der Waals surface area contributed by atoms with E-state index in [0.717, 1.165) is 5.57 Å². The molecular formula is C19H14O6. The van der Waals surface area contributed by atoms with Crippen LogP contribution in [0.15, 0.2) is 45.6 Å². The van der Waals surface area contributed by atoms with Crippen LogP contribution in [0.4, 0.5) is 0 Å². The van der Waals surface area contributed by atoms with Gasteiger partial charge in [-0.15, -0.1) is 0 Å². The van der Waals surface area contributed by atoms with Crippen LogP contribution in [0.1, 0.15) is 11.7 Å². The number of benzene rings is 2. The van der Waals surface area contributed by atoms with Crippen LogP contribution in [-0.2, 0) is 4.74 Å². The number of phenolic OH excluding ortho intramolecular Hbond substituents is 1. The molecule has 6 nitrogen and oxygen atoms in total. The van der Waals surface area contributed by atoms with Crippen LogP contribution < -0.4 is 14.9 Å². The number of methoxy groups -OCH3 is 1. The van der Waals surface area contributed by atoms with Gasteiger partial charge in [-0.2, -0.15) is 0 Å². The predicted molar refractivity (Wildman–Crippen MR) is 90.5 cm³/mol. The average Bonchev–Trinajstić information content (AvgIpc) is 3.14. The van der Waals surface area contributed by atoms with Crippen molar-refractivity contribution < 1.29 is 23.7 Å². The normalized spacial score (nSPS) is 21.4. The SMILES string of the molecule is C=C1CO[C@H]2c3c(cc4oc5c(OC)cccc5c(=O)c4c3O)O[C@@H]12. The first-order valence-corrected chi connectivity index (χ1v) is 7.85. The van der Waals surface area contributed by atoms with Crippen LogP contribution in [0.2, 0.25) is 0 Å². The number of phenols is 1. The largest absolute Gasteiger partial charge is 0.506 e. The third kappa shape index (κ3) is 1.74. The van der Waals surface area contributed by atoms with Gasteiger partial charge in [0.2, 0.25) is 5.43 Å². The third-order valence-electron chi connectivity index (χ3n) is 4.81. The van der Waals surface area contributed by atoms with Crippen LogP contribution in [0.25, 0.3) is 21.9 Å². The standard InChI is InChI=1S/C19H14O6/c1-8-7-23-19-14-12(24-17(8)19)6-11-13(16(14)21)15(20)9-4-3-5-10(22-2)18(9)25-11/h3-6,17,19,21H,1,7H2,2H3/t17-,19-/m0/s1. The zero-order valence-electron chi connectivity index (χ0n) is 13.4. The number of hydrogen-bond donors (Lipinski definition) is 1. The topological polar surface area (TPSA) is 78.1 Å². The Labute approximate surface area is 141 Å². The molecule has 2 aliphatic rings. The summed E-state index contributed by atoms with van der Waals surface area (Å²) < 4.78 is 22.7. The van der Waals surface area contributed by atoms with Crippen molar-refractivity contribution in [3.05, 3.63) is 52.2 Å². The van der Waals surface area contributed by atoms with Crippen molar-refractivity contribution >= 4 is 21.9 Å². The summed E-state index contributed by atoms with van der Waals surface area (Å²) in [5.74, 6) is 0.734. The number of rotatable bonds is 1. The Morgan fingerprint density at radius 2 is 2.16 bits per heavy atom. The summed E-state index contributed by atoms with van der Waals surface area (Å²) in [6.07, 6.45) is -0.802. The molecule has 25 heavy (non-hydrogen) atoms. The smallest absolute Gasteiger partial charge is 0.204 e. The molecule has 2 atom stereocenters. The van der Waals surface area contributed by atoms with E-state index in [1.807, 2.05) is 0 Å². The molecule has 1 fully saturated rings. The van der Waals surface area contributed by atoms with Crippen LogP contribution in [0.5, 0.6) is 17.2 Å². The highest BCUT2D eigenvalue weighted by Gasteiger charge is 2.44. The van der Waals surface area contributed by atoms with E-state index in [4.69, 9.17) is 18.6 Å². The molecule has 0 bridgehead atoms. The molecule has 0 unspecified atom stereocenters. The van der Waals surface area contributed by atoms with Crippen molar-refractivity contribution in [2.45, 2.75) is 12.2 Å². The van der Waals surface area contributed by atoms with Crippen molar-refractivity contribution in [3.63, 3.8) is 0 Å². The van der Waals surface area contributed by atoms with Crippen molar-refractivity contribution in [3.8, 4) is 17.2 Å². The van der Waals surface area contributed by atoms with Gasteiger partial charge in [0.15, 0.2) is 17.4 Å². The van der Waals surface area contributed by atoms with Crippen molar-refractivity contribution in [1.29, 1.82) is 0 Å². The van der Waals surface area contributed by atoms with E-state index in [9.17, 15) is 9.90 Å². The van der Waals surface area contributed by atoms with E-state index in [1.165, 1.54) is 7.11 Å². The number of hydrogen-bond acceptors (Lipinski definition) is 6. The highest BCUT2D eigenvalue weighted by Crippen LogP contribution is 2.51. The highest BCUT2D eigenvalue weighted by atomic mass is 16.6. The molecule has 2 aromatic carbocycles. The summed E-state index contributed by atoms with van der Waals surface area (Å²) in [5.41, 5.74) is 1.53. The summed E-state index contributed by atoms with van der Waals surface area (Å²) in [7, 11) is 1.51. The molecule has 3 heterocycles. The second-order valence-corrected chi connectivity index (χ2v) is 6.21. The van der Waals surface area contributed by atoms with Crippen LogP contribution >= 0.6 is 0 Å². The van der Waals surface area contributed by atoms with Crippen LogP contribution in [-0.4, -0.2) is 24.9 Å². The lowest BCUT2D eigenvalue weighted by Crippen LogP contribution is -2.14. The molecule has 1 saturated heterocycles. The molecule has 0 spiro atoms. The zero-order chi connectivity index (χ0) is 17.3. The lowest BCUT2D eigenvalue weighted by molar-refractivity contribution is 0.0784. The fraction of sp³-hybridized carbons (Fsp3) is 0.211. The fourth-order valence-electron chi connectivity index (χ4n) is 3.61. The molecule has 6 heteroatoms. The Kier molecular flexibility index (Phi) is 2.74. The highest BCUT2D eigenvalue weighted by molar-refractivity contribution is 5.97. The Bertz CT molecular complexity index is 1130. The molecule has 1 aromatic heterocycles. The lowest BCUT2D eigenvalue weighted by atomic mass is 10.0. The Balaban J connectivity index is 1.88. The minimum absolute atomic E-state index is 0.116. The maximum atomic E-state index is 13.0. The number of ether oxygens (including phenoxy) is 3. The molecule has 0 radical (unpaired) electrons. The van der Waals surface area contributed by atoms with Gasteiger partial charge in [-0.1, -0.05) is 12.6 Å². The van der Waals surface area contributed by atoms with Gasteiger partial charge in [0.1, 0.15) is 28.6 Å². The predicted octanol–water partition coefficient (Wildman–Crippen LogP) is 3.05. The second-order valence-electron chi connectivity index (χ2n) is 6.21.